The first kappa shape index (κ1) is 20.7. The molecular weight excluding hydrogens is 370 g/mol. The van der Waals surface area contributed by atoms with Crippen molar-refractivity contribution in [2.75, 3.05) is 44.6 Å². The molecule has 2 aromatic carbocycles. The summed E-state index contributed by atoms with van der Waals surface area (Å²) in [6.45, 7) is 5.54. The predicted molar refractivity (Wildman–Crippen MR) is 111 cm³/mol. The lowest BCUT2D eigenvalue weighted by atomic mass is 10.2. The second-order valence-electron chi connectivity index (χ2n) is 6.74. The molecule has 1 heterocycles. The van der Waals surface area contributed by atoms with Crippen molar-refractivity contribution in [3.05, 3.63) is 54.6 Å². The summed E-state index contributed by atoms with van der Waals surface area (Å²) in [7, 11) is 0. The van der Waals surface area contributed by atoms with Crippen LogP contribution in [0.5, 0.6) is 11.5 Å². The highest BCUT2D eigenvalue weighted by Crippen LogP contribution is 2.29. The van der Waals surface area contributed by atoms with E-state index in [2.05, 4.69) is 10.2 Å². The molecule has 7 nitrogen and oxygen atoms in total. The van der Waals surface area contributed by atoms with Gasteiger partial charge in [-0.1, -0.05) is 30.3 Å². The molecule has 0 unspecified atom stereocenters. The van der Waals surface area contributed by atoms with Crippen LogP contribution in [0.1, 0.15) is 13.3 Å². The van der Waals surface area contributed by atoms with E-state index in [-0.39, 0.29) is 12.0 Å². The van der Waals surface area contributed by atoms with Crippen molar-refractivity contribution in [2.24, 2.45) is 0 Å². The first-order valence-corrected chi connectivity index (χ1v) is 9.91. The minimum atomic E-state index is -0.264. The monoisotopic (exact) mass is 397 g/mol. The largest absolute Gasteiger partial charge is 0.455 e. The van der Waals surface area contributed by atoms with E-state index in [1.165, 1.54) is 0 Å². The Kier molecular flexibility index (Phi) is 7.47. The molecular formula is C22H27N3O4. The van der Waals surface area contributed by atoms with Crippen molar-refractivity contribution in [1.29, 1.82) is 0 Å². The van der Waals surface area contributed by atoms with Crippen LogP contribution in [0.25, 0.3) is 0 Å². The molecule has 154 valence electrons. The quantitative estimate of drug-likeness (QED) is 0.773. The van der Waals surface area contributed by atoms with Gasteiger partial charge < -0.3 is 19.7 Å². The zero-order valence-electron chi connectivity index (χ0n) is 16.7. The van der Waals surface area contributed by atoms with E-state index < -0.39 is 0 Å². The van der Waals surface area contributed by atoms with Crippen molar-refractivity contribution >= 4 is 17.7 Å². The van der Waals surface area contributed by atoms with Crippen molar-refractivity contribution in [2.45, 2.75) is 13.3 Å². The molecule has 0 atom stereocenters. The van der Waals surface area contributed by atoms with Crippen molar-refractivity contribution in [3.8, 4) is 11.5 Å². The number of hydrogen-bond acceptors (Lipinski definition) is 5. The maximum atomic E-state index is 12.4. The number of amides is 2. The molecule has 1 N–H and O–H groups in total. The topological polar surface area (TPSA) is 71.1 Å². The highest BCUT2D eigenvalue weighted by atomic mass is 16.6. The molecule has 0 aliphatic carbocycles. The maximum absolute atomic E-state index is 12.4. The summed E-state index contributed by atoms with van der Waals surface area (Å²) in [5, 5.41) is 2.94. The summed E-state index contributed by atoms with van der Waals surface area (Å²) < 4.78 is 10.9. The van der Waals surface area contributed by atoms with Crippen LogP contribution < -0.4 is 10.1 Å². The number of piperazine rings is 1. The molecule has 1 aliphatic rings. The standard InChI is InChI=1S/C22H27N3O4/c1-2-28-22(27)25-16-14-24(15-17-25)13-12-21(26)23-19-10-6-7-11-20(19)29-18-8-4-3-5-9-18/h3-11H,2,12-17H2,1H3,(H,23,26). The Morgan fingerprint density at radius 3 is 2.38 bits per heavy atom. The third kappa shape index (κ3) is 6.22. The molecule has 2 amide bonds. The summed E-state index contributed by atoms with van der Waals surface area (Å²) >= 11 is 0. The van der Waals surface area contributed by atoms with Gasteiger partial charge in [-0.05, 0) is 31.2 Å². The van der Waals surface area contributed by atoms with E-state index >= 15 is 0 Å². The minimum absolute atomic E-state index is 0.0677. The first-order valence-electron chi connectivity index (χ1n) is 9.91. The number of ether oxygens (including phenoxy) is 2. The van der Waals surface area contributed by atoms with E-state index in [4.69, 9.17) is 9.47 Å². The Hall–Kier alpha value is -3.06. The Morgan fingerprint density at radius 2 is 1.66 bits per heavy atom. The zero-order valence-corrected chi connectivity index (χ0v) is 16.7. The molecule has 1 fully saturated rings. The number of nitrogens with one attached hydrogen (secondary N) is 1. The van der Waals surface area contributed by atoms with Crippen molar-refractivity contribution in [3.63, 3.8) is 0 Å². The third-order valence-electron chi connectivity index (χ3n) is 4.69. The SMILES string of the molecule is CCOC(=O)N1CCN(CCC(=O)Nc2ccccc2Oc2ccccc2)CC1. The molecule has 0 saturated carbocycles. The summed E-state index contributed by atoms with van der Waals surface area (Å²) in [5.74, 6) is 1.26. The van der Waals surface area contributed by atoms with Gasteiger partial charge in [0, 0.05) is 39.1 Å². The number of benzene rings is 2. The van der Waals surface area contributed by atoms with Crippen LogP contribution in [0.4, 0.5) is 10.5 Å². The van der Waals surface area contributed by atoms with E-state index in [0.29, 0.717) is 49.8 Å². The number of nitrogens with zero attached hydrogens (tertiary/aromatic N) is 2. The number of rotatable bonds is 7. The number of hydrogen-bond donors (Lipinski definition) is 1. The molecule has 1 saturated heterocycles. The smallest absolute Gasteiger partial charge is 0.409 e. The summed E-state index contributed by atoms with van der Waals surface area (Å²) in [6.07, 6.45) is 0.110. The summed E-state index contributed by atoms with van der Waals surface area (Å²) in [5.41, 5.74) is 0.647. The highest BCUT2D eigenvalue weighted by Gasteiger charge is 2.22. The summed E-state index contributed by atoms with van der Waals surface area (Å²) in [4.78, 5) is 28.1. The second-order valence-corrected chi connectivity index (χ2v) is 6.74. The zero-order chi connectivity index (χ0) is 20.5. The van der Waals surface area contributed by atoms with Crippen LogP contribution >= 0.6 is 0 Å². The lowest BCUT2D eigenvalue weighted by Crippen LogP contribution is -2.49. The second kappa shape index (κ2) is 10.5. The number of carbonyl (C=O) groups excluding carboxylic acids is 2. The Morgan fingerprint density at radius 1 is 0.966 bits per heavy atom. The van der Waals surface area contributed by atoms with Gasteiger partial charge in [-0.2, -0.15) is 0 Å². The number of anilines is 1. The molecule has 1 aliphatic heterocycles. The van der Waals surface area contributed by atoms with Gasteiger partial charge in [0.2, 0.25) is 5.91 Å². The third-order valence-corrected chi connectivity index (χ3v) is 4.69. The minimum Gasteiger partial charge on any atom is -0.455 e. The highest BCUT2D eigenvalue weighted by molar-refractivity contribution is 5.92. The van der Waals surface area contributed by atoms with E-state index in [1.54, 1.807) is 11.8 Å². The first-order chi connectivity index (χ1) is 14.2. The van der Waals surface area contributed by atoms with E-state index in [9.17, 15) is 9.59 Å². The lowest BCUT2D eigenvalue weighted by Gasteiger charge is -2.33. The fourth-order valence-corrected chi connectivity index (χ4v) is 3.12. The lowest BCUT2D eigenvalue weighted by molar-refractivity contribution is -0.116. The van der Waals surface area contributed by atoms with Crippen molar-refractivity contribution < 1.29 is 19.1 Å². The molecule has 0 radical (unpaired) electrons. The molecule has 0 spiro atoms. The molecule has 7 heteroatoms. The normalized spacial score (nSPS) is 14.3. The van der Waals surface area contributed by atoms with Crippen LogP contribution in [0.2, 0.25) is 0 Å². The summed E-state index contributed by atoms with van der Waals surface area (Å²) in [6, 6.07) is 16.9. The fourth-order valence-electron chi connectivity index (χ4n) is 3.12. The van der Waals surface area contributed by atoms with Gasteiger partial charge >= 0.3 is 6.09 Å². The van der Waals surface area contributed by atoms with Gasteiger partial charge in [-0.25, -0.2) is 4.79 Å². The molecule has 2 aromatic rings. The van der Waals surface area contributed by atoms with Crippen LogP contribution in [0.3, 0.4) is 0 Å². The Balaban J connectivity index is 1.46. The van der Waals surface area contributed by atoms with Gasteiger partial charge in [0.15, 0.2) is 5.75 Å². The molecule has 29 heavy (non-hydrogen) atoms. The molecule has 3 rings (SSSR count). The Labute approximate surface area is 171 Å². The molecule has 0 bridgehead atoms. The fraction of sp³-hybridized carbons (Fsp3) is 0.364. The van der Waals surface area contributed by atoms with E-state index in [1.807, 2.05) is 54.6 Å². The average Bonchev–Trinajstić information content (AvgIpc) is 2.75. The number of para-hydroxylation sites is 3. The van der Waals surface area contributed by atoms with Crippen LogP contribution in [-0.4, -0.2) is 61.1 Å². The van der Waals surface area contributed by atoms with Crippen LogP contribution in [0.15, 0.2) is 54.6 Å². The van der Waals surface area contributed by atoms with Gasteiger partial charge in [-0.15, -0.1) is 0 Å². The van der Waals surface area contributed by atoms with E-state index in [0.717, 1.165) is 13.1 Å². The predicted octanol–water partition coefficient (Wildman–Crippen LogP) is 3.58. The van der Waals surface area contributed by atoms with Crippen LogP contribution in [0, 0.1) is 0 Å². The Bertz CT molecular complexity index is 805. The number of carbonyl (C=O) groups is 2. The maximum Gasteiger partial charge on any atom is 0.409 e. The van der Waals surface area contributed by atoms with Crippen molar-refractivity contribution in [1.82, 2.24) is 9.80 Å². The van der Waals surface area contributed by atoms with Gasteiger partial charge in [0.05, 0.1) is 12.3 Å². The van der Waals surface area contributed by atoms with Gasteiger partial charge in [0.25, 0.3) is 0 Å². The molecule has 0 aromatic heterocycles. The van der Waals surface area contributed by atoms with Gasteiger partial charge in [0.1, 0.15) is 5.75 Å². The van der Waals surface area contributed by atoms with Crippen LogP contribution in [-0.2, 0) is 9.53 Å². The average molecular weight is 397 g/mol. The van der Waals surface area contributed by atoms with Gasteiger partial charge in [-0.3, -0.25) is 9.69 Å².